The summed E-state index contributed by atoms with van der Waals surface area (Å²) in [6.45, 7) is 0. The average molecular weight is 238 g/mol. The van der Waals surface area contributed by atoms with Crippen LogP contribution in [-0.4, -0.2) is 15.2 Å². The summed E-state index contributed by atoms with van der Waals surface area (Å²) in [5, 5.41) is 6.85. The molecule has 3 aromatic rings. The van der Waals surface area contributed by atoms with Gasteiger partial charge in [-0.1, -0.05) is 11.6 Å². The topological polar surface area (TPSA) is 54.7 Å². The van der Waals surface area contributed by atoms with E-state index in [2.05, 4.69) is 15.2 Å². The molecule has 0 spiro atoms. The fourth-order valence-corrected chi connectivity index (χ4v) is 1.56. The number of aromatic amines is 1. The second kappa shape index (κ2) is 3.31. The molecular weight excluding hydrogens is 233 g/mol. The van der Waals surface area contributed by atoms with Gasteiger partial charge in [-0.3, -0.25) is 5.10 Å². The first-order chi connectivity index (χ1) is 7.72. The molecule has 0 saturated carbocycles. The Morgan fingerprint density at radius 1 is 1.31 bits per heavy atom. The predicted molar refractivity (Wildman–Crippen MR) is 56.6 cm³/mol. The third-order valence-corrected chi connectivity index (χ3v) is 2.31. The van der Waals surface area contributed by atoms with Crippen LogP contribution in [0.2, 0.25) is 5.15 Å². The number of halogens is 2. The molecule has 16 heavy (non-hydrogen) atoms. The Kier molecular flexibility index (Phi) is 1.94. The fourth-order valence-electron chi connectivity index (χ4n) is 1.42. The van der Waals surface area contributed by atoms with Crippen molar-refractivity contribution < 1.29 is 8.81 Å². The number of hydrogen-bond acceptors (Lipinski definition) is 3. The Labute approximate surface area is 94.1 Å². The van der Waals surface area contributed by atoms with Gasteiger partial charge in [0.15, 0.2) is 5.58 Å². The lowest BCUT2D eigenvalue weighted by Crippen LogP contribution is -1.76. The van der Waals surface area contributed by atoms with Gasteiger partial charge in [-0.25, -0.2) is 9.37 Å². The van der Waals surface area contributed by atoms with E-state index in [9.17, 15) is 4.39 Å². The van der Waals surface area contributed by atoms with Gasteiger partial charge in [-0.2, -0.15) is 5.10 Å². The molecular formula is C10H5ClFN3O. The number of aromatic nitrogens is 3. The first-order valence-corrected chi connectivity index (χ1v) is 4.87. The third kappa shape index (κ3) is 1.45. The van der Waals surface area contributed by atoms with E-state index in [0.29, 0.717) is 27.8 Å². The van der Waals surface area contributed by atoms with E-state index in [1.165, 1.54) is 18.2 Å². The largest absolute Gasteiger partial charge is 0.435 e. The van der Waals surface area contributed by atoms with Crippen molar-refractivity contribution in [3.63, 3.8) is 0 Å². The summed E-state index contributed by atoms with van der Waals surface area (Å²) in [7, 11) is 0. The van der Waals surface area contributed by atoms with Crippen molar-refractivity contribution >= 4 is 22.7 Å². The van der Waals surface area contributed by atoms with Crippen molar-refractivity contribution in [2.45, 2.75) is 0 Å². The van der Waals surface area contributed by atoms with Crippen LogP contribution in [0.25, 0.3) is 22.7 Å². The minimum Gasteiger partial charge on any atom is -0.435 e. The molecule has 0 saturated heterocycles. The van der Waals surface area contributed by atoms with Gasteiger partial charge < -0.3 is 4.42 Å². The van der Waals surface area contributed by atoms with Gasteiger partial charge in [-0.05, 0) is 12.1 Å². The predicted octanol–water partition coefficient (Wildman–Crippen LogP) is 3.01. The smallest absolute Gasteiger partial charge is 0.248 e. The summed E-state index contributed by atoms with van der Waals surface area (Å²) in [4.78, 5) is 4.11. The van der Waals surface area contributed by atoms with Gasteiger partial charge in [0.2, 0.25) is 5.89 Å². The van der Waals surface area contributed by atoms with Gasteiger partial charge >= 0.3 is 0 Å². The highest BCUT2D eigenvalue weighted by Gasteiger charge is 2.11. The minimum absolute atomic E-state index is 0.309. The maximum atomic E-state index is 12.9. The normalized spacial score (nSPS) is 11.1. The molecule has 1 N–H and O–H groups in total. The van der Waals surface area contributed by atoms with E-state index in [-0.39, 0.29) is 5.82 Å². The molecule has 0 amide bonds. The number of fused-ring (bicyclic) bond motifs is 1. The maximum Gasteiger partial charge on any atom is 0.248 e. The van der Waals surface area contributed by atoms with Crippen molar-refractivity contribution in [3.8, 4) is 11.6 Å². The molecule has 6 heteroatoms. The van der Waals surface area contributed by atoms with Gasteiger partial charge in [0.1, 0.15) is 22.2 Å². The first-order valence-electron chi connectivity index (χ1n) is 4.50. The second-order valence-electron chi connectivity index (χ2n) is 3.23. The summed E-state index contributed by atoms with van der Waals surface area (Å²) >= 11 is 5.69. The number of rotatable bonds is 1. The van der Waals surface area contributed by atoms with Crippen molar-refractivity contribution in [2.24, 2.45) is 0 Å². The molecule has 0 radical (unpaired) electrons. The van der Waals surface area contributed by atoms with Crippen LogP contribution in [0.5, 0.6) is 0 Å². The van der Waals surface area contributed by atoms with Gasteiger partial charge in [0.05, 0.1) is 0 Å². The van der Waals surface area contributed by atoms with Gasteiger partial charge in [-0.15, -0.1) is 0 Å². The van der Waals surface area contributed by atoms with Crippen molar-refractivity contribution in [3.05, 3.63) is 35.2 Å². The molecule has 2 aromatic heterocycles. The molecule has 0 aliphatic rings. The molecule has 0 aliphatic heterocycles. The number of benzene rings is 1. The monoisotopic (exact) mass is 237 g/mol. The first kappa shape index (κ1) is 9.35. The minimum atomic E-state index is -0.354. The van der Waals surface area contributed by atoms with Crippen LogP contribution in [0.4, 0.5) is 4.39 Å². The number of oxazole rings is 1. The Morgan fingerprint density at radius 3 is 2.94 bits per heavy atom. The van der Waals surface area contributed by atoms with Gasteiger partial charge in [0.25, 0.3) is 0 Å². The summed E-state index contributed by atoms with van der Waals surface area (Å²) in [5.74, 6) is -0.0452. The van der Waals surface area contributed by atoms with Crippen molar-refractivity contribution in [1.82, 2.24) is 15.2 Å². The number of H-pyrrole nitrogens is 1. The second-order valence-corrected chi connectivity index (χ2v) is 3.64. The Balaban J connectivity index is 2.18. The van der Waals surface area contributed by atoms with Crippen LogP contribution < -0.4 is 0 Å². The molecule has 0 unspecified atom stereocenters. The molecule has 0 atom stereocenters. The highest BCUT2D eigenvalue weighted by molar-refractivity contribution is 6.29. The van der Waals surface area contributed by atoms with Crippen LogP contribution in [-0.2, 0) is 0 Å². The van der Waals surface area contributed by atoms with E-state index in [0.717, 1.165) is 0 Å². The molecule has 0 aliphatic carbocycles. The summed E-state index contributed by atoms with van der Waals surface area (Å²) < 4.78 is 18.3. The van der Waals surface area contributed by atoms with E-state index in [1.807, 2.05) is 0 Å². The zero-order valence-corrected chi connectivity index (χ0v) is 8.62. The molecule has 0 fully saturated rings. The van der Waals surface area contributed by atoms with Crippen LogP contribution in [0.1, 0.15) is 0 Å². The van der Waals surface area contributed by atoms with Crippen LogP contribution in [0, 0.1) is 5.82 Å². The lowest BCUT2D eigenvalue weighted by atomic mass is 10.3. The Morgan fingerprint density at radius 2 is 2.19 bits per heavy atom. The molecule has 1 aromatic carbocycles. The number of nitrogens with zero attached hydrogens (tertiary/aromatic N) is 2. The van der Waals surface area contributed by atoms with Crippen LogP contribution in [0.3, 0.4) is 0 Å². The van der Waals surface area contributed by atoms with Gasteiger partial charge in [0, 0.05) is 12.1 Å². The van der Waals surface area contributed by atoms with E-state index >= 15 is 0 Å². The van der Waals surface area contributed by atoms with Crippen LogP contribution in [0.15, 0.2) is 28.7 Å². The molecule has 80 valence electrons. The molecule has 0 bridgehead atoms. The lowest BCUT2D eigenvalue weighted by Gasteiger charge is -1.84. The van der Waals surface area contributed by atoms with Crippen molar-refractivity contribution in [1.29, 1.82) is 0 Å². The number of nitrogens with one attached hydrogen (secondary N) is 1. The van der Waals surface area contributed by atoms with E-state index in [4.69, 9.17) is 16.0 Å². The highest BCUT2D eigenvalue weighted by Crippen LogP contribution is 2.24. The molecule has 4 nitrogen and oxygen atoms in total. The highest BCUT2D eigenvalue weighted by atomic mass is 35.5. The Hall–Kier alpha value is -1.88. The third-order valence-electron chi connectivity index (χ3n) is 2.12. The average Bonchev–Trinajstić information content (AvgIpc) is 2.83. The fraction of sp³-hybridized carbons (Fsp3) is 0. The SMILES string of the molecule is Fc1ccc2oc(-c3cc(Cl)[nH]n3)nc2c1. The summed E-state index contributed by atoms with van der Waals surface area (Å²) in [6.07, 6.45) is 0. The quantitative estimate of drug-likeness (QED) is 0.708. The summed E-state index contributed by atoms with van der Waals surface area (Å²) in [5.41, 5.74) is 1.45. The van der Waals surface area contributed by atoms with Crippen molar-refractivity contribution in [2.75, 3.05) is 0 Å². The van der Waals surface area contributed by atoms with Crippen LogP contribution >= 0.6 is 11.6 Å². The van der Waals surface area contributed by atoms with E-state index < -0.39 is 0 Å². The Bertz CT molecular complexity index is 661. The zero-order valence-electron chi connectivity index (χ0n) is 7.87. The standard InChI is InChI=1S/C10H5ClFN3O/c11-9-4-7(14-15-9)10-13-6-3-5(12)1-2-8(6)16-10/h1-4H,(H,14,15). The molecule has 2 heterocycles. The zero-order chi connectivity index (χ0) is 11.1. The molecule has 3 rings (SSSR count). The van der Waals surface area contributed by atoms with E-state index in [1.54, 1.807) is 6.07 Å². The number of hydrogen-bond donors (Lipinski definition) is 1. The summed E-state index contributed by atoms with van der Waals surface area (Å²) in [6, 6.07) is 5.73. The maximum absolute atomic E-state index is 12.9. The lowest BCUT2D eigenvalue weighted by molar-refractivity contribution is 0.611.